The smallest absolute Gasteiger partial charge is 0.408 e. The second-order valence-electron chi connectivity index (χ2n) is 7.65. The minimum atomic E-state index is -1.55. The number of ketones is 1. The molecule has 0 spiro atoms. The van der Waals surface area contributed by atoms with Gasteiger partial charge in [-0.2, -0.15) is 0 Å². The summed E-state index contributed by atoms with van der Waals surface area (Å²) >= 11 is 0. The van der Waals surface area contributed by atoms with Gasteiger partial charge in [0.1, 0.15) is 16.7 Å². The van der Waals surface area contributed by atoms with Crippen LogP contribution in [-0.2, 0) is 15.1 Å². The van der Waals surface area contributed by atoms with Gasteiger partial charge in [-0.05, 0) is 52.5 Å². The summed E-state index contributed by atoms with van der Waals surface area (Å²) in [5.74, 6) is -0.487. The Bertz CT molecular complexity index is 728. The molecule has 2 unspecified atom stereocenters. The molecule has 0 saturated heterocycles. The maximum atomic E-state index is 13.1. The fourth-order valence-corrected chi connectivity index (χ4v) is 3.17. The molecule has 0 heterocycles. The molecule has 6 nitrogen and oxygen atoms in total. The normalized spacial score (nSPS) is 26.6. The van der Waals surface area contributed by atoms with E-state index in [1.54, 1.807) is 45.0 Å². The molecule has 1 fully saturated rings. The first kappa shape index (κ1) is 18.9. The molecule has 0 aromatic heterocycles. The van der Waals surface area contributed by atoms with E-state index in [2.05, 4.69) is 10.2 Å². The highest BCUT2D eigenvalue weighted by Crippen LogP contribution is 2.40. The second-order valence-corrected chi connectivity index (χ2v) is 7.65. The first-order chi connectivity index (χ1) is 11.5. The molecule has 1 aromatic rings. The van der Waals surface area contributed by atoms with E-state index >= 15 is 0 Å². The van der Waals surface area contributed by atoms with Gasteiger partial charge in [-0.25, -0.2) is 9.64 Å². The molecule has 1 aromatic carbocycles. The highest BCUT2D eigenvalue weighted by molar-refractivity contribution is 5.99. The van der Waals surface area contributed by atoms with E-state index in [0.29, 0.717) is 30.5 Å². The highest BCUT2D eigenvalue weighted by atomic mass is 16.6. The van der Waals surface area contributed by atoms with Crippen LogP contribution >= 0.6 is 0 Å². The molecule has 2 atom stereocenters. The van der Waals surface area contributed by atoms with Crippen LogP contribution in [0, 0.1) is 6.57 Å². The van der Waals surface area contributed by atoms with E-state index in [1.807, 2.05) is 0 Å². The summed E-state index contributed by atoms with van der Waals surface area (Å²) in [5, 5.41) is 13.2. The number of rotatable bonds is 2. The number of benzene rings is 1. The number of ether oxygens (including phenoxy) is 1. The van der Waals surface area contributed by atoms with Gasteiger partial charge >= 0.3 is 6.09 Å². The zero-order valence-corrected chi connectivity index (χ0v) is 15.0. The van der Waals surface area contributed by atoms with Crippen LogP contribution in [0.5, 0.6) is 0 Å². The van der Waals surface area contributed by atoms with Gasteiger partial charge in [-0.15, -0.1) is 0 Å². The van der Waals surface area contributed by atoms with Crippen LogP contribution in [0.1, 0.15) is 52.5 Å². The first-order valence-corrected chi connectivity index (χ1v) is 8.27. The van der Waals surface area contributed by atoms with Gasteiger partial charge in [0, 0.05) is 0 Å². The zero-order chi connectivity index (χ0) is 18.9. The fourth-order valence-electron chi connectivity index (χ4n) is 3.17. The van der Waals surface area contributed by atoms with Gasteiger partial charge in [0.2, 0.25) is 0 Å². The van der Waals surface area contributed by atoms with Crippen molar-refractivity contribution in [1.82, 2.24) is 5.32 Å². The Balaban J connectivity index is 2.50. The standard InChI is InChI=1S/C19H24N2O4/c1-17(2,3)25-16(23)21-19(11-7-10-18(4,24)15(19)22)13-8-6-9-14(12-13)20-5/h6,8-9,12,24H,7,10-11H2,1-4H3,(H,21,23). The number of Topliss-reactive ketones (excluding diaryl/α,β-unsaturated/α-hetero) is 1. The molecule has 0 bridgehead atoms. The third-order valence-electron chi connectivity index (χ3n) is 4.27. The van der Waals surface area contributed by atoms with Crippen LogP contribution in [-0.4, -0.2) is 28.2 Å². The number of alkyl carbamates (subject to hydrolysis) is 1. The maximum Gasteiger partial charge on any atom is 0.408 e. The van der Waals surface area contributed by atoms with E-state index < -0.39 is 28.6 Å². The number of nitrogens with one attached hydrogen (secondary N) is 1. The quantitative estimate of drug-likeness (QED) is 0.805. The van der Waals surface area contributed by atoms with Crippen molar-refractivity contribution >= 4 is 17.6 Å². The number of hydrogen-bond acceptors (Lipinski definition) is 4. The fraction of sp³-hybridized carbons (Fsp3) is 0.526. The molecular formula is C19H24N2O4. The Morgan fingerprint density at radius 3 is 2.64 bits per heavy atom. The average Bonchev–Trinajstić information content (AvgIpc) is 2.50. The van der Waals surface area contributed by atoms with Crippen molar-refractivity contribution in [2.24, 2.45) is 0 Å². The number of carbonyl (C=O) groups is 2. The maximum absolute atomic E-state index is 13.1. The molecule has 0 aliphatic heterocycles. The Labute approximate surface area is 148 Å². The van der Waals surface area contributed by atoms with Gasteiger partial charge in [0.25, 0.3) is 0 Å². The van der Waals surface area contributed by atoms with E-state index in [0.717, 1.165) is 0 Å². The minimum Gasteiger partial charge on any atom is -0.444 e. The number of aliphatic hydroxyl groups is 1. The van der Waals surface area contributed by atoms with Crippen LogP contribution in [0.3, 0.4) is 0 Å². The van der Waals surface area contributed by atoms with Gasteiger partial charge < -0.3 is 15.2 Å². The molecular weight excluding hydrogens is 320 g/mol. The molecule has 6 heteroatoms. The number of amides is 1. The number of hydrogen-bond donors (Lipinski definition) is 2. The molecule has 2 rings (SSSR count). The Morgan fingerprint density at radius 1 is 1.36 bits per heavy atom. The summed E-state index contributed by atoms with van der Waals surface area (Å²) in [7, 11) is 0. The predicted molar refractivity (Wildman–Crippen MR) is 93.2 cm³/mol. The van der Waals surface area contributed by atoms with Crippen LogP contribution in [0.15, 0.2) is 24.3 Å². The largest absolute Gasteiger partial charge is 0.444 e. The van der Waals surface area contributed by atoms with Crippen molar-refractivity contribution in [2.45, 2.75) is 63.7 Å². The SMILES string of the molecule is [C-]#[N+]c1cccc(C2(NC(=O)OC(C)(C)C)CCCC(C)(O)C2=O)c1. The average molecular weight is 344 g/mol. The Hall–Kier alpha value is -2.39. The summed E-state index contributed by atoms with van der Waals surface area (Å²) in [6.07, 6.45) is 0.484. The zero-order valence-electron chi connectivity index (χ0n) is 15.0. The number of nitrogens with zero attached hydrogens (tertiary/aromatic N) is 1. The summed E-state index contributed by atoms with van der Waals surface area (Å²) < 4.78 is 5.32. The second kappa shape index (κ2) is 6.49. The van der Waals surface area contributed by atoms with Crippen molar-refractivity contribution in [3.63, 3.8) is 0 Å². The summed E-state index contributed by atoms with van der Waals surface area (Å²) in [6.45, 7) is 13.8. The van der Waals surface area contributed by atoms with Crippen LogP contribution in [0.2, 0.25) is 0 Å². The summed E-state index contributed by atoms with van der Waals surface area (Å²) in [6, 6.07) is 6.55. The van der Waals surface area contributed by atoms with E-state index in [9.17, 15) is 14.7 Å². The Morgan fingerprint density at radius 2 is 2.04 bits per heavy atom. The third-order valence-corrected chi connectivity index (χ3v) is 4.27. The van der Waals surface area contributed by atoms with Gasteiger partial charge in [-0.1, -0.05) is 24.3 Å². The molecule has 1 saturated carbocycles. The van der Waals surface area contributed by atoms with Crippen molar-refractivity contribution in [3.8, 4) is 0 Å². The molecule has 1 aliphatic carbocycles. The topological polar surface area (TPSA) is 80.0 Å². The minimum absolute atomic E-state index is 0.325. The lowest BCUT2D eigenvalue weighted by atomic mass is 9.69. The van der Waals surface area contributed by atoms with Gasteiger partial charge in [0.15, 0.2) is 11.5 Å². The van der Waals surface area contributed by atoms with Gasteiger partial charge in [-0.3, -0.25) is 4.79 Å². The predicted octanol–water partition coefficient (Wildman–Crippen LogP) is 3.46. The van der Waals surface area contributed by atoms with Gasteiger partial charge in [0.05, 0.1) is 6.57 Å². The lowest BCUT2D eigenvalue weighted by Gasteiger charge is -2.43. The van der Waals surface area contributed by atoms with Crippen molar-refractivity contribution in [1.29, 1.82) is 0 Å². The van der Waals surface area contributed by atoms with Crippen LogP contribution in [0.4, 0.5) is 10.5 Å². The highest BCUT2D eigenvalue weighted by Gasteiger charge is 2.52. The van der Waals surface area contributed by atoms with Crippen molar-refractivity contribution < 1.29 is 19.4 Å². The Kier molecular flexibility index (Phi) is 4.92. The molecule has 2 N–H and O–H groups in total. The molecule has 25 heavy (non-hydrogen) atoms. The monoisotopic (exact) mass is 344 g/mol. The molecule has 1 amide bonds. The van der Waals surface area contributed by atoms with E-state index in [1.165, 1.54) is 6.92 Å². The third kappa shape index (κ3) is 3.99. The van der Waals surface area contributed by atoms with Crippen LogP contribution < -0.4 is 5.32 Å². The van der Waals surface area contributed by atoms with E-state index in [4.69, 9.17) is 11.3 Å². The van der Waals surface area contributed by atoms with Crippen LogP contribution in [0.25, 0.3) is 4.85 Å². The molecule has 134 valence electrons. The molecule has 0 radical (unpaired) electrons. The summed E-state index contributed by atoms with van der Waals surface area (Å²) in [5.41, 5.74) is -2.84. The van der Waals surface area contributed by atoms with Crippen molar-refractivity contribution in [3.05, 3.63) is 41.2 Å². The lowest BCUT2D eigenvalue weighted by Crippen LogP contribution is -2.61. The van der Waals surface area contributed by atoms with E-state index in [-0.39, 0.29) is 0 Å². The molecule has 1 aliphatic rings. The lowest BCUT2D eigenvalue weighted by molar-refractivity contribution is -0.148. The number of carbonyl (C=O) groups excluding carboxylic acids is 2. The summed E-state index contributed by atoms with van der Waals surface area (Å²) in [4.78, 5) is 28.9. The first-order valence-electron chi connectivity index (χ1n) is 8.27. The van der Waals surface area contributed by atoms with Crippen molar-refractivity contribution in [2.75, 3.05) is 0 Å².